The van der Waals surface area contributed by atoms with Gasteiger partial charge in [0.1, 0.15) is 0 Å². The van der Waals surface area contributed by atoms with Gasteiger partial charge in [-0.15, -0.1) is 0 Å². The van der Waals surface area contributed by atoms with Gasteiger partial charge in [-0.05, 0) is 31.1 Å². The van der Waals surface area contributed by atoms with Crippen molar-refractivity contribution in [2.45, 2.75) is 96.7 Å². The van der Waals surface area contributed by atoms with Gasteiger partial charge in [0.05, 0.1) is 25.4 Å². The highest BCUT2D eigenvalue weighted by molar-refractivity contribution is 4.80. The van der Waals surface area contributed by atoms with E-state index in [1.54, 1.807) is 0 Å². The molecule has 0 amide bonds. The highest BCUT2D eigenvalue weighted by Crippen LogP contribution is 2.35. The van der Waals surface area contributed by atoms with E-state index < -0.39 is 0 Å². The van der Waals surface area contributed by atoms with Crippen LogP contribution in [0.25, 0.3) is 0 Å². The molecule has 2 rings (SSSR count). The lowest BCUT2D eigenvalue weighted by Gasteiger charge is -2.37. The van der Waals surface area contributed by atoms with Crippen molar-refractivity contribution in [2.75, 3.05) is 13.2 Å². The first-order valence-electron chi connectivity index (χ1n) is 9.56. The van der Waals surface area contributed by atoms with Crippen LogP contribution in [0.15, 0.2) is 0 Å². The first kappa shape index (κ1) is 17.3. The molecule has 0 aromatic heterocycles. The highest BCUT2D eigenvalue weighted by atomic mass is 16.6. The quantitative estimate of drug-likeness (QED) is 0.562. The molecule has 1 saturated carbocycles. The van der Waals surface area contributed by atoms with Crippen molar-refractivity contribution in [3.05, 3.63) is 0 Å². The molecular formula is C19H36O2. The fraction of sp³-hybridized carbons (Fsp3) is 1.00. The fourth-order valence-electron chi connectivity index (χ4n) is 3.95. The predicted molar refractivity (Wildman–Crippen MR) is 88.6 cm³/mol. The van der Waals surface area contributed by atoms with Crippen LogP contribution < -0.4 is 0 Å². The van der Waals surface area contributed by atoms with E-state index in [1.165, 1.54) is 64.2 Å². The second-order valence-electron chi connectivity index (χ2n) is 7.22. The fourth-order valence-corrected chi connectivity index (χ4v) is 3.95. The van der Waals surface area contributed by atoms with Crippen molar-refractivity contribution in [3.63, 3.8) is 0 Å². The van der Waals surface area contributed by atoms with Crippen LogP contribution >= 0.6 is 0 Å². The summed E-state index contributed by atoms with van der Waals surface area (Å²) in [4.78, 5) is 0. The summed E-state index contributed by atoms with van der Waals surface area (Å²) in [6, 6.07) is 0. The van der Waals surface area contributed by atoms with Gasteiger partial charge in [0.15, 0.2) is 0 Å². The minimum atomic E-state index is 0.348. The molecule has 1 saturated heterocycles. The Morgan fingerprint density at radius 2 is 1.57 bits per heavy atom. The lowest BCUT2D eigenvalue weighted by molar-refractivity contribution is -0.155. The topological polar surface area (TPSA) is 18.5 Å². The van der Waals surface area contributed by atoms with Gasteiger partial charge < -0.3 is 9.47 Å². The number of ether oxygens (including phenoxy) is 2. The van der Waals surface area contributed by atoms with E-state index in [4.69, 9.17) is 9.47 Å². The van der Waals surface area contributed by atoms with Crippen molar-refractivity contribution < 1.29 is 9.47 Å². The van der Waals surface area contributed by atoms with Gasteiger partial charge in [-0.1, -0.05) is 65.2 Å². The molecule has 0 aromatic rings. The highest BCUT2D eigenvalue weighted by Gasteiger charge is 2.31. The summed E-state index contributed by atoms with van der Waals surface area (Å²) >= 11 is 0. The molecule has 0 radical (unpaired) electrons. The molecule has 21 heavy (non-hydrogen) atoms. The Morgan fingerprint density at radius 3 is 2.19 bits per heavy atom. The molecule has 1 heterocycles. The Morgan fingerprint density at radius 1 is 0.810 bits per heavy atom. The van der Waals surface area contributed by atoms with Gasteiger partial charge in [-0.3, -0.25) is 0 Å². The average Bonchev–Trinajstić information content (AvgIpc) is 2.55. The molecule has 2 fully saturated rings. The summed E-state index contributed by atoms with van der Waals surface area (Å²) in [7, 11) is 0. The van der Waals surface area contributed by atoms with Crippen molar-refractivity contribution in [1.29, 1.82) is 0 Å². The number of rotatable bonds is 8. The molecule has 2 unspecified atom stereocenters. The zero-order valence-corrected chi connectivity index (χ0v) is 14.3. The number of hydrogen-bond donors (Lipinski definition) is 0. The zero-order valence-electron chi connectivity index (χ0n) is 14.3. The van der Waals surface area contributed by atoms with Crippen molar-refractivity contribution in [1.82, 2.24) is 0 Å². The largest absolute Gasteiger partial charge is 0.373 e. The van der Waals surface area contributed by atoms with E-state index in [-0.39, 0.29) is 0 Å². The second-order valence-corrected chi connectivity index (χ2v) is 7.22. The Bertz CT molecular complexity index is 250. The van der Waals surface area contributed by atoms with Crippen LogP contribution in [0.1, 0.15) is 84.5 Å². The van der Waals surface area contributed by atoms with E-state index in [0.717, 1.165) is 31.5 Å². The van der Waals surface area contributed by atoms with Crippen LogP contribution in [-0.2, 0) is 9.47 Å². The predicted octanol–water partition coefficient (Wildman–Crippen LogP) is 5.35. The van der Waals surface area contributed by atoms with Gasteiger partial charge in [0, 0.05) is 0 Å². The van der Waals surface area contributed by atoms with Gasteiger partial charge in [-0.25, -0.2) is 0 Å². The number of unbranched alkanes of at least 4 members (excludes halogenated alkanes) is 4. The van der Waals surface area contributed by atoms with Crippen LogP contribution in [0, 0.1) is 11.8 Å². The van der Waals surface area contributed by atoms with Crippen LogP contribution in [0.5, 0.6) is 0 Å². The summed E-state index contributed by atoms with van der Waals surface area (Å²) in [6.07, 6.45) is 16.0. The Labute approximate surface area is 132 Å². The van der Waals surface area contributed by atoms with E-state index in [2.05, 4.69) is 13.8 Å². The molecule has 0 N–H and O–H groups in total. The Hall–Kier alpha value is -0.0800. The summed E-state index contributed by atoms with van der Waals surface area (Å²) in [5, 5.41) is 0. The lowest BCUT2D eigenvalue weighted by Crippen LogP contribution is -2.40. The third-order valence-corrected chi connectivity index (χ3v) is 5.58. The summed E-state index contributed by atoms with van der Waals surface area (Å²) in [5.41, 5.74) is 0. The van der Waals surface area contributed by atoms with E-state index in [9.17, 15) is 0 Å². The normalized spacial score (nSPS) is 34.0. The monoisotopic (exact) mass is 296 g/mol. The Kier molecular flexibility index (Phi) is 8.10. The van der Waals surface area contributed by atoms with E-state index in [0.29, 0.717) is 12.2 Å². The first-order valence-corrected chi connectivity index (χ1v) is 9.56. The summed E-state index contributed by atoms with van der Waals surface area (Å²) < 4.78 is 12.0. The molecule has 0 spiro atoms. The first-order chi connectivity index (χ1) is 10.3. The zero-order chi connectivity index (χ0) is 14.9. The van der Waals surface area contributed by atoms with Gasteiger partial charge >= 0.3 is 0 Å². The third-order valence-electron chi connectivity index (χ3n) is 5.58. The minimum Gasteiger partial charge on any atom is -0.373 e. The molecule has 2 nitrogen and oxygen atoms in total. The standard InChI is InChI=1S/C19H36O2/c1-3-5-6-7-8-9-16-10-12-17(13-11-16)19-15-20-18(4-2)14-21-19/h16-19H,3-15H2,1-2H3. The smallest absolute Gasteiger partial charge is 0.0838 e. The van der Waals surface area contributed by atoms with Crippen molar-refractivity contribution >= 4 is 0 Å². The maximum atomic E-state index is 6.06. The van der Waals surface area contributed by atoms with E-state index in [1.807, 2.05) is 0 Å². The van der Waals surface area contributed by atoms with Crippen LogP contribution in [-0.4, -0.2) is 25.4 Å². The molecule has 0 aromatic carbocycles. The molecule has 124 valence electrons. The Balaban J connectivity index is 1.56. The molecule has 2 atom stereocenters. The van der Waals surface area contributed by atoms with Gasteiger partial charge in [0.2, 0.25) is 0 Å². The molecule has 1 aliphatic carbocycles. The third kappa shape index (κ3) is 5.90. The van der Waals surface area contributed by atoms with Gasteiger partial charge in [-0.2, -0.15) is 0 Å². The maximum absolute atomic E-state index is 6.06. The lowest BCUT2D eigenvalue weighted by atomic mass is 9.77. The SMILES string of the molecule is CCCCCCCC1CCC(C2COC(CC)CO2)CC1. The molecule has 2 aliphatic rings. The molecule has 2 heteroatoms. The van der Waals surface area contributed by atoms with Gasteiger partial charge in [0.25, 0.3) is 0 Å². The van der Waals surface area contributed by atoms with Crippen molar-refractivity contribution in [2.24, 2.45) is 11.8 Å². The molecule has 0 bridgehead atoms. The summed E-state index contributed by atoms with van der Waals surface area (Å²) in [5.74, 6) is 1.76. The maximum Gasteiger partial charge on any atom is 0.0838 e. The van der Waals surface area contributed by atoms with Crippen LogP contribution in [0.3, 0.4) is 0 Å². The van der Waals surface area contributed by atoms with Crippen molar-refractivity contribution in [3.8, 4) is 0 Å². The van der Waals surface area contributed by atoms with Crippen LogP contribution in [0.4, 0.5) is 0 Å². The second kappa shape index (κ2) is 9.84. The minimum absolute atomic E-state index is 0.348. The molecular weight excluding hydrogens is 260 g/mol. The molecule has 1 aliphatic heterocycles. The summed E-state index contributed by atoms with van der Waals surface area (Å²) in [6.45, 7) is 6.13. The number of hydrogen-bond acceptors (Lipinski definition) is 2. The average molecular weight is 296 g/mol. The van der Waals surface area contributed by atoms with Crippen LogP contribution in [0.2, 0.25) is 0 Å². The van der Waals surface area contributed by atoms with E-state index >= 15 is 0 Å².